The lowest BCUT2D eigenvalue weighted by Crippen LogP contribution is -2.26. The molecule has 9 nitrogen and oxygen atoms in total. The van der Waals surface area contributed by atoms with Crippen LogP contribution in [0.3, 0.4) is 0 Å². The van der Waals surface area contributed by atoms with E-state index in [9.17, 15) is 9.90 Å². The zero-order valence-corrected chi connectivity index (χ0v) is 19.0. The smallest absolute Gasteiger partial charge is 0.356 e. The highest BCUT2D eigenvalue weighted by atomic mass is 16.7. The number of aliphatic imine (C=N–C) groups is 1. The largest absolute Gasteiger partial charge is 0.491 e. The summed E-state index contributed by atoms with van der Waals surface area (Å²) in [7, 11) is 0. The predicted molar refractivity (Wildman–Crippen MR) is 128 cm³/mol. The Morgan fingerprint density at radius 3 is 2.51 bits per heavy atom. The molecule has 0 bridgehead atoms. The number of hydrogen-bond acceptors (Lipinski definition) is 8. The van der Waals surface area contributed by atoms with Gasteiger partial charge in [-0.05, 0) is 31.2 Å². The summed E-state index contributed by atoms with van der Waals surface area (Å²) in [6.45, 7) is 1.91. The Hall–Kier alpha value is -4.34. The number of rotatable bonds is 7. The number of aromatic nitrogens is 3. The molecule has 0 spiro atoms. The van der Waals surface area contributed by atoms with E-state index in [-0.39, 0.29) is 13.2 Å². The van der Waals surface area contributed by atoms with E-state index in [1.807, 2.05) is 66.1 Å². The Labute approximate surface area is 201 Å². The summed E-state index contributed by atoms with van der Waals surface area (Å²) in [5.41, 5.74) is 6.36. The molecule has 1 aromatic heterocycles. The number of aliphatic hydroxyl groups is 1. The number of hydroxylamine groups is 1. The number of benzene rings is 3. The fraction of sp³-hybridized carbons (Fsp3) is 0.154. The van der Waals surface area contributed by atoms with Crippen LogP contribution in [0, 0.1) is 6.92 Å². The van der Waals surface area contributed by atoms with Crippen molar-refractivity contribution >= 4 is 11.7 Å². The molecule has 1 unspecified atom stereocenters. The van der Waals surface area contributed by atoms with E-state index in [4.69, 9.17) is 14.6 Å². The lowest BCUT2D eigenvalue weighted by Gasteiger charge is -2.15. The molecule has 0 radical (unpaired) electrons. The minimum Gasteiger partial charge on any atom is -0.491 e. The van der Waals surface area contributed by atoms with Gasteiger partial charge in [0.05, 0.1) is 23.6 Å². The van der Waals surface area contributed by atoms with Crippen molar-refractivity contribution in [2.75, 3.05) is 13.2 Å². The van der Waals surface area contributed by atoms with Gasteiger partial charge in [0.2, 0.25) is 0 Å². The fourth-order valence-corrected chi connectivity index (χ4v) is 3.91. The maximum atomic E-state index is 12.6. The van der Waals surface area contributed by atoms with Gasteiger partial charge in [-0.25, -0.2) is 4.79 Å². The number of aliphatic hydroxyl groups excluding tert-OH is 1. The third kappa shape index (κ3) is 4.54. The minimum absolute atomic E-state index is 0.0938. The number of nitrogens with one attached hydrogen (secondary N) is 1. The normalized spacial score (nSPS) is 14.3. The minimum atomic E-state index is -0.826. The number of carbonyl (C=O) groups excluding carboxylic acids is 1. The molecule has 1 aliphatic rings. The standard InChI is InChI=1S/C26H23N5O4/c1-17-28-29-25-24(30-35-26(33)19-10-6-3-7-11-19)27-23(18-8-4-2-5-9-18)21-13-12-20(34-15-14-32)16-22(21)31(17)25/h2-13,16,24,30,32H,14-15H2,1H3. The summed E-state index contributed by atoms with van der Waals surface area (Å²) < 4.78 is 7.52. The van der Waals surface area contributed by atoms with E-state index in [1.165, 1.54) is 0 Å². The lowest BCUT2D eigenvalue weighted by atomic mass is 10.00. The Morgan fingerprint density at radius 2 is 1.77 bits per heavy atom. The Morgan fingerprint density at radius 1 is 1.03 bits per heavy atom. The van der Waals surface area contributed by atoms with E-state index >= 15 is 0 Å². The number of nitrogens with zero attached hydrogens (tertiary/aromatic N) is 4. The van der Waals surface area contributed by atoms with Gasteiger partial charge >= 0.3 is 5.97 Å². The van der Waals surface area contributed by atoms with E-state index in [2.05, 4.69) is 15.7 Å². The topological polar surface area (TPSA) is 111 Å². The molecule has 3 aromatic carbocycles. The van der Waals surface area contributed by atoms with Crippen molar-refractivity contribution in [3.63, 3.8) is 0 Å². The number of ether oxygens (including phenoxy) is 1. The van der Waals surface area contributed by atoms with Gasteiger partial charge in [-0.15, -0.1) is 15.7 Å². The monoisotopic (exact) mass is 469 g/mol. The summed E-state index contributed by atoms with van der Waals surface area (Å²) in [6, 6.07) is 24.0. The summed E-state index contributed by atoms with van der Waals surface area (Å²) in [4.78, 5) is 22.9. The summed E-state index contributed by atoms with van der Waals surface area (Å²) in [6.07, 6.45) is -0.826. The van der Waals surface area contributed by atoms with Crippen LogP contribution in [0.4, 0.5) is 0 Å². The van der Waals surface area contributed by atoms with Gasteiger partial charge in [-0.3, -0.25) is 9.56 Å². The highest BCUT2D eigenvalue weighted by molar-refractivity contribution is 6.15. The first-order chi connectivity index (χ1) is 17.2. The second-order valence-electron chi connectivity index (χ2n) is 7.81. The maximum absolute atomic E-state index is 12.6. The van der Waals surface area contributed by atoms with Crippen molar-refractivity contribution in [2.45, 2.75) is 13.1 Å². The van der Waals surface area contributed by atoms with Crippen molar-refractivity contribution in [1.29, 1.82) is 0 Å². The molecule has 0 saturated heterocycles. The van der Waals surface area contributed by atoms with Gasteiger partial charge in [0.1, 0.15) is 18.2 Å². The molecule has 1 aliphatic heterocycles. The third-order valence-corrected chi connectivity index (χ3v) is 5.50. The highest BCUT2D eigenvalue weighted by Crippen LogP contribution is 2.32. The van der Waals surface area contributed by atoms with Gasteiger partial charge < -0.3 is 14.7 Å². The predicted octanol–water partition coefficient (Wildman–Crippen LogP) is 3.16. The molecule has 4 aromatic rings. The Bertz CT molecular complexity index is 1370. The van der Waals surface area contributed by atoms with Crippen molar-refractivity contribution in [1.82, 2.24) is 20.2 Å². The zero-order chi connectivity index (χ0) is 24.2. The SMILES string of the molecule is Cc1nnc2n1-c1cc(OCCO)ccc1C(c1ccccc1)=NC2NOC(=O)c1ccccc1. The van der Waals surface area contributed by atoms with E-state index in [0.29, 0.717) is 28.7 Å². The molecule has 0 fully saturated rings. The van der Waals surface area contributed by atoms with Crippen molar-refractivity contribution in [3.8, 4) is 11.4 Å². The second kappa shape index (κ2) is 9.88. The Kier molecular flexibility index (Phi) is 6.34. The van der Waals surface area contributed by atoms with E-state index in [1.54, 1.807) is 24.3 Å². The zero-order valence-electron chi connectivity index (χ0n) is 19.0. The van der Waals surface area contributed by atoms with Gasteiger partial charge in [-0.1, -0.05) is 48.5 Å². The summed E-state index contributed by atoms with van der Waals surface area (Å²) in [5.74, 6) is 1.14. The van der Waals surface area contributed by atoms with Crippen LogP contribution in [0.15, 0.2) is 83.9 Å². The van der Waals surface area contributed by atoms with Crippen LogP contribution in [-0.4, -0.2) is 44.8 Å². The van der Waals surface area contributed by atoms with Crippen LogP contribution in [0.1, 0.15) is 39.3 Å². The van der Waals surface area contributed by atoms with Crippen LogP contribution in [-0.2, 0) is 4.84 Å². The molecule has 0 saturated carbocycles. The van der Waals surface area contributed by atoms with Gasteiger partial charge in [0.15, 0.2) is 12.0 Å². The molecule has 0 aliphatic carbocycles. The average Bonchev–Trinajstić information content (AvgIpc) is 3.22. The molecule has 5 rings (SSSR count). The number of hydrogen-bond donors (Lipinski definition) is 2. The molecule has 176 valence electrons. The first-order valence-corrected chi connectivity index (χ1v) is 11.1. The molecule has 2 heterocycles. The molecule has 0 amide bonds. The first kappa shape index (κ1) is 22.5. The third-order valence-electron chi connectivity index (χ3n) is 5.50. The fourth-order valence-electron chi connectivity index (χ4n) is 3.91. The molecule has 9 heteroatoms. The van der Waals surface area contributed by atoms with Crippen molar-refractivity contribution in [2.24, 2.45) is 4.99 Å². The van der Waals surface area contributed by atoms with Gasteiger partial charge in [0, 0.05) is 17.2 Å². The molecular formula is C26H23N5O4. The van der Waals surface area contributed by atoms with Crippen LogP contribution in [0.2, 0.25) is 0 Å². The van der Waals surface area contributed by atoms with Gasteiger partial charge in [0.25, 0.3) is 0 Å². The summed E-state index contributed by atoms with van der Waals surface area (Å²) in [5, 5.41) is 17.8. The van der Waals surface area contributed by atoms with E-state index < -0.39 is 12.1 Å². The van der Waals surface area contributed by atoms with Crippen molar-refractivity contribution in [3.05, 3.63) is 107 Å². The van der Waals surface area contributed by atoms with Crippen LogP contribution in [0.5, 0.6) is 5.75 Å². The Balaban J connectivity index is 1.59. The summed E-state index contributed by atoms with van der Waals surface area (Å²) >= 11 is 0. The molecule has 35 heavy (non-hydrogen) atoms. The van der Waals surface area contributed by atoms with Crippen LogP contribution in [0.25, 0.3) is 5.69 Å². The lowest BCUT2D eigenvalue weighted by molar-refractivity contribution is 0.0150. The van der Waals surface area contributed by atoms with Gasteiger partial charge in [-0.2, -0.15) is 0 Å². The first-order valence-electron chi connectivity index (χ1n) is 11.1. The average molecular weight is 470 g/mol. The molecular weight excluding hydrogens is 446 g/mol. The number of fused-ring (bicyclic) bond motifs is 3. The highest BCUT2D eigenvalue weighted by Gasteiger charge is 2.29. The maximum Gasteiger partial charge on any atom is 0.356 e. The van der Waals surface area contributed by atoms with Crippen LogP contribution < -0.4 is 10.2 Å². The quantitative estimate of drug-likeness (QED) is 0.400. The molecule has 1 atom stereocenters. The second-order valence-corrected chi connectivity index (χ2v) is 7.81. The van der Waals surface area contributed by atoms with Crippen molar-refractivity contribution < 1.29 is 19.5 Å². The molecule has 2 N–H and O–H groups in total. The number of aryl methyl sites for hydroxylation is 1. The van der Waals surface area contributed by atoms with E-state index in [0.717, 1.165) is 16.8 Å². The van der Waals surface area contributed by atoms with Crippen LogP contribution >= 0.6 is 0 Å². The number of carbonyl (C=O) groups is 1.